The van der Waals surface area contributed by atoms with Crippen molar-refractivity contribution < 1.29 is 23.8 Å². The summed E-state index contributed by atoms with van der Waals surface area (Å²) in [6.07, 6.45) is -0.188. The second kappa shape index (κ2) is 7.42. The highest BCUT2D eigenvalue weighted by atomic mass is 16.5. The van der Waals surface area contributed by atoms with Crippen LogP contribution < -0.4 is 5.32 Å². The SMILES string of the molecule is CCOC(=O)[C@@H](O)[C@@H](C(=O)Nc1ccco1)c1ccccc1. The summed E-state index contributed by atoms with van der Waals surface area (Å²) in [5.41, 5.74) is 0.507. The maximum Gasteiger partial charge on any atom is 0.336 e. The number of aliphatic hydroxyl groups excluding tert-OH is 1. The lowest BCUT2D eigenvalue weighted by Gasteiger charge is -2.20. The van der Waals surface area contributed by atoms with Crippen molar-refractivity contribution in [2.75, 3.05) is 11.9 Å². The predicted molar refractivity (Wildman–Crippen MR) is 79.2 cm³/mol. The highest BCUT2D eigenvalue weighted by Gasteiger charge is 2.34. The van der Waals surface area contributed by atoms with E-state index in [0.717, 1.165) is 0 Å². The third kappa shape index (κ3) is 3.73. The third-order valence-corrected chi connectivity index (χ3v) is 3.05. The number of amides is 1. The van der Waals surface area contributed by atoms with Gasteiger partial charge in [-0.25, -0.2) is 4.79 Å². The molecule has 1 aromatic carbocycles. The number of nitrogens with one attached hydrogen (secondary N) is 1. The van der Waals surface area contributed by atoms with Crippen LogP contribution >= 0.6 is 0 Å². The molecule has 2 N–H and O–H groups in total. The molecule has 0 spiro atoms. The molecule has 1 amide bonds. The molecular formula is C16H17NO5. The highest BCUT2D eigenvalue weighted by molar-refractivity contribution is 5.98. The topological polar surface area (TPSA) is 88.8 Å². The number of benzene rings is 1. The first-order valence-electron chi connectivity index (χ1n) is 6.87. The molecule has 0 unspecified atom stereocenters. The Hall–Kier alpha value is -2.60. The fourth-order valence-corrected chi connectivity index (χ4v) is 2.05. The average molecular weight is 303 g/mol. The Bertz CT molecular complexity index is 609. The van der Waals surface area contributed by atoms with E-state index in [4.69, 9.17) is 9.15 Å². The first kappa shape index (κ1) is 15.8. The molecule has 2 atom stereocenters. The molecule has 1 heterocycles. The van der Waals surface area contributed by atoms with Crippen molar-refractivity contribution in [3.05, 3.63) is 54.3 Å². The van der Waals surface area contributed by atoms with Gasteiger partial charge in [0, 0.05) is 6.07 Å². The largest absolute Gasteiger partial charge is 0.464 e. The maximum absolute atomic E-state index is 12.4. The Morgan fingerprint density at radius 3 is 2.55 bits per heavy atom. The number of aliphatic hydroxyl groups is 1. The lowest BCUT2D eigenvalue weighted by atomic mass is 9.92. The number of rotatable bonds is 6. The van der Waals surface area contributed by atoms with Gasteiger partial charge < -0.3 is 14.3 Å². The van der Waals surface area contributed by atoms with Crippen molar-refractivity contribution in [1.82, 2.24) is 0 Å². The molecule has 0 radical (unpaired) electrons. The Morgan fingerprint density at radius 2 is 1.95 bits per heavy atom. The molecule has 6 heteroatoms. The molecule has 0 aliphatic rings. The smallest absolute Gasteiger partial charge is 0.336 e. The Kier molecular flexibility index (Phi) is 5.32. The molecule has 6 nitrogen and oxygen atoms in total. The van der Waals surface area contributed by atoms with E-state index in [2.05, 4.69) is 5.32 Å². The molecule has 0 saturated heterocycles. The van der Waals surface area contributed by atoms with E-state index in [1.807, 2.05) is 0 Å². The van der Waals surface area contributed by atoms with Crippen molar-refractivity contribution in [3.63, 3.8) is 0 Å². The lowest BCUT2D eigenvalue weighted by Crippen LogP contribution is -2.37. The Morgan fingerprint density at radius 1 is 1.23 bits per heavy atom. The zero-order valence-corrected chi connectivity index (χ0v) is 12.1. The molecule has 0 aliphatic heterocycles. The van der Waals surface area contributed by atoms with Crippen molar-refractivity contribution in [2.24, 2.45) is 0 Å². The van der Waals surface area contributed by atoms with Crippen LogP contribution in [0.2, 0.25) is 0 Å². The molecule has 1 aromatic heterocycles. The van der Waals surface area contributed by atoms with E-state index < -0.39 is 23.9 Å². The molecule has 0 bridgehead atoms. The van der Waals surface area contributed by atoms with Gasteiger partial charge in [0.2, 0.25) is 5.91 Å². The summed E-state index contributed by atoms with van der Waals surface area (Å²) in [7, 11) is 0. The molecule has 0 saturated carbocycles. The number of ether oxygens (including phenoxy) is 1. The summed E-state index contributed by atoms with van der Waals surface area (Å²) in [5.74, 6) is -2.25. The van der Waals surface area contributed by atoms with Crippen molar-refractivity contribution in [1.29, 1.82) is 0 Å². The molecule has 0 fully saturated rings. The van der Waals surface area contributed by atoms with Crippen LogP contribution in [0.25, 0.3) is 0 Å². The van der Waals surface area contributed by atoms with Crippen molar-refractivity contribution in [3.8, 4) is 0 Å². The summed E-state index contributed by atoms with van der Waals surface area (Å²) in [6.45, 7) is 1.75. The second-order valence-electron chi connectivity index (χ2n) is 4.55. The van der Waals surface area contributed by atoms with Crippen molar-refractivity contribution >= 4 is 17.8 Å². The van der Waals surface area contributed by atoms with Gasteiger partial charge in [-0.2, -0.15) is 0 Å². The lowest BCUT2D eigenvalue weighted by molar-refractivity contribution is -0.155. The molecule has 22 heavy (non-hydrogen) atoms. The van der Waals surface area contributed by atoms with Gasteiger partial charge in [0.1, 0.15) is 5.92 Å². The van der Waals surface area contributed by atoms with Gasteiger partial charge in [-0.05, 0) is 18.6 Å². The van der Waals surface area contributed by atoms with E-state index in [-0.39, 0.29) is 12.5 Å². The zero-order valence-electron chi connectivity index (χ0n) is 12.1. The standard InChI is InChI=1S/C16H17NO5/c1-2-21-16(20)14(18)13(11-7-4-3-5-8-11)15(19)17-12-9-6-10-22-12/h3-10,13-14,18H,2H2,1H3,(H,17,19)/t13-,14-/m0/s1. The van der Waals surface area contributed by atoms with Gasteiger partial charge in [0.05, 0.1) is 12.9 Å². The van der Waals surface area contributed by atoms with E-state index in [0.29, 0.717) is 5.56 Å². The number of hydrogen-bond donors (Lipinski definition) is 2. The Labute approximate surface area is 127 Å². The van der Waals surface area contributed by atoms with Crippen LogP contribution in [0.3, 0.4) is 0 Å². The second-order valence-corrected chi connectivity index (χ2v) is 4.55. The van der Waals surface area contributed by atoms with Crippen LogP contribution in [0.4, 0.5) is 5.88 Å². The van der Waals surface area contributed by atoms with Gasteiger partial charge in [-0.3, -0.25) is 10.1 Å². The monoisotopic (exact) mass is 303 g/mol. The molecular weight excluding hydrogens is 286 g/mol. The summed E-state index contributed by atoms with van der Waals surface area (Å²) in [6, 6.07) is 11.7. The maximum atomic E-state index is 12.4. The number of furan rings is 1. The first-order chi connectivity index (χ1) is 10.6. The van der Waals surface area contributed by atoms with Crippen LogP contribution in [0.5, 0.6) is 0 Å². The van der Waals surface area contributed by atoms with Gasteiger partial charge in [0.15, 0.2) is 12.0 Å². The predicted octanol–water partition coefficient (Wildman–Crippen LogP) is 1.93. The number of hydrogen-bond acceptors (Lipinski definition) is 5. The fourth-order valence-electron chi connectivity index (χ4n) is 2.05. The van der Waals surface area contributed by atoms with Gasteiger partial charge in [-0.1, -0.05) is 30.3 Å². The fraction of sp³-hybridized carbons (Fsp3) is 0.250. The van der Waals surface area contributed by atoms with Crippen molar-refractivity contribution in [2.45, 2.75) is 18.9 Å². The van der Waals surface area contributed by atoms with Crippen LogP contribution in [0.15, 0.2) is 53.1 Å². The van der Waals surface area contributed by atoms with Gasteiger partial charge in [0.25, 0.3) is 0 Å². The van der Waals surface area contributed by atoms with Gasteiger partial charge >= 0.3 is 5.97 Å². The Balaban J connectivity index is 2.25. The quantitative estimate of drug-likeness (QED) is 0.796. The summed E-state index contributed by atoms with van der Waals surface area (Å²) >= 11 is 0. The van der Waals surface area contributed by atoms with Crippen LogP contribution in [-0.4, -0.2) is 29.7 Å². The minimum absolute atomic E-state index is 0.122. The molecule has 2 rings (SSSR count). The van der Waals surface area contributed by atoms with E-state index in [1.54, 1.807) is 49.4 Å². The summed E-state index contributed by atoms with van der Waals surface area (Å²) in [5, 5.41) is 12.7. The number of anilines is 1. The first-order valence-corrected chi connectivity index (χ1v) is 6.87. The van der Waals surface area contributed by atoms with Crippen LogP contribution in [0.1, 0.15) is 18.4 Å². The normalized spacial score (nSPS) is 13.2. The molecule has 2 aromatic rings. The van der Waals surface area contributed by atoms with E-state index in [1.165, 1.54) is 6.26 Å². The number of carbonyl (C=O) groups is 2. The summed E-state index contributed by atoms with van der Waals surface area (Å²) < 4.78 is 9.85. The number of carbonyl (C=O) groups excluding carboxylic acids is 2. The van der Waals surface area contributed by atoms with Crippen LogP contribution in [0, 0.1) is 0 Å². The third-order valence-electron chi connectivity index (χ3n) is 3.05. The summed E-state index contributed by atoms with van der Waals surface area (Å²) in [4.78, 5) is 24.2. The van der Waals surface area contributed by atoms with E-state index in [9.17, 15) is 14.7 Å². The minimum atomic E-state index is -1.60. The molecule has 116 valence electrons. The van der Waals surface area contributed by atoms with Gasteiger partial charge in [-0.15, -0.1) is 0 Å². The van der Waals surface area contributed by atoms with E-state index >= 15 is 0 Å². The minimum Gasteiger partial charge on any atom is -0.464 e. The zero-order chi connectivity index (χ0) is 15.9. The number of esters is 1. The molecule has 0 aliphatic carbocycles. The van der Waals surface area contributed by atoms with Crippen LogP contribution in [-0.2, 0) is 14.3 Å². The highest BCUT2D eigenvalue weighted by Crippen LogP contribution is 2.23. The average Bonchev–Trinajstić information content (AvgIpc) is 3.01.